The van der Waals surface area contributed by atoms with Crippen LogP contribution in [0.4, 0.5) is 0 Å². The average Bonchev–Trinajstić information content (AvgIpc) is 3.01. The first-order valence-corrected chi connectivity index (χ1v) is 21.1. The molecule has 12 atom stereocenters. The minimum atomic E-state index is -4.78. The van der Waals surface area contributed by atoms with Crippen LogP contribution in [0.2, 0.25) is 0 Å². The molecule has 5 rings (SSSR count). The van der Waals surface area contributed by atoms with Crippen LogP contribution in [0, 0.1) is 23.7 Å². The Morgan fingerprint density at radius 2 is 1.23 bits per heavy atom. The molecule has 5 aliphatic rings. The standard InChI is InChI=1S/C28H48N6O11S3/c1-45-14-30-16-2-4-17(5-3-16)31-32-23-8-9-24(21-12-18(46(36,37)38)6-7-19(21)23)33-34-27-26(48(42,43)44)11-15-10-25(47(39,40)41)22(29)13-20(15)28(27)35/h14-28,35H,2-13,29H2,1H3,(H,36,37,38)(H,39,40,41)(H,42,43,44). The molecule has 5 aliphatic carbocycles. The van der Waals surface area contributed by atoms with E-state index >= 15 is 0 Å². The van der Waals surface area contributed by atoms with Crippen molar-refractivity contribution >= 4 is 36.8 Å². The SMILES string of the molecule is COC=NC1CCC(N=NC2CCC(N=NC3C(O)C4CC(N)C(S(=O)(=O)O)CC4CC3S(=O)(=O)O)C3CC(S(=O)(=O)O)CCC23)CC1. The number of hydrogen-bond donors (Lipinski definition) is 5. The second-order valence-electron chi connectivity index (χ2n) is 14.3. The zero-order valence-corrected chi connectivity index (χ0v) is 29.3. The lowest BCUT2D eigenvalue weighted by molar-refractivity contribution is -0.00924. The topological polar surface area (TPSA) is 280 Å². The Bertz CT molecular complexity index is 1550. The predicted octanol–water partition coefficient (Wildman–Crippen LogP) is 2.08. The van der Waals surface area contributed by atoms with Crippen LogP contribution in [-0.2, 0) is 35.1 Å². The monoisotopic (exact) mass is 740 g/mol. The number of nitrogens with two attached hydrogens (primary N) is 1. The lowest BCUT2D eigenvalue weighted by atomic mass is 9.66. The molecule has 20 heteroatoms. The summed E-state index contributed by atoms with van der Waals surface area (Å²) in [4.78, 5) is 4.38. The first-order chi connectivity index (χ1) is 22.5. The number of aliphatic hydroxyl groups is 1. The number of aliphatic imine (C=N–C) groups is 1. The minimum absolute atomic E-state index is 0.0145. The van der Waals surface area contributed by atoms with Crippen molar-refractivity contribution in [2.75, 3.05) is 7.11 Å². The highest BCUT2D eigenvalue weighted by Gasteiger charge is 2.54. The number of rotatable bonds is 9. The first kappa shape index (κ1) is 37.6. The van der Waals surface area contributed by atoms with Crippen molar-refractivity contribution in [2.45, 2.75) is 135 Å². The maximum absolute atomic E-state index is 12.5. The molecule has 0 aromatic carbocycles. The van der Waals surface area contributed by atoms with Gasteiger partial charge in [0.05, 0.1) is 42.6 Å². The van der Waals surface area contributed by atoms with Gasteiger partial charge in [-0.3, -0.25) is 18.7 Å². The number of aliphatic hydroxyl groups excluding tert-OH is 1. The van der Waals surface area contributed by atoms with E-state index < -0.39 is 82.2 Å². The third kappa shape index (κ3) is 8.60. The summed E-state index contributed by atoms with van der Waals surface area (Å²) in [5, 5.41) is 25.7. The fraction of sp³-hybridized carbons (Fsp3) is 0.964. The Hall–Kier alpha value is -1.68. The normalized spacial score (nSPS) is 43.3. The van der Waals surface area contributed by atoms with Crippen molar-refractivity contribution in [3.8, 4) is 0 Å². The summed E-state index contributed by atoms with van der Waals surface area (Å²) >= 11 is 0. The Morgan fingerprint density at radius 3 is 1.83 bits per heavy atom. The molecule has 5 fully saturated rings. The van der Waals surface area contributed by atoms with Gasteiger partial charge in [0.25, 0.3) is 30.4 Å². The van der Waals surface area contributed by atoms with Crippen molar-refractivity contribution in [3.05, 3.63) is 0 Å². The van der Waals surface area contributed by atoms with Gasteiger partial charge >= 0.3 is 0 Å². The van der Waals surface area contributed by atoms with Crippen molar-refractivity contribution < 1.29 is 48.8 Å². The molecule has 0 saturated heterocycles. The first-order valence-electron chi connectivity index (χ1n) is 16.6. The average molecular weight is 741 g/mol. The number of ether oxygens (including phenoxy) is 1. The maximum Gasteiger partial charge on any atom is 0.270 e. The van der Waals surface area contributed by atoms with Gasteiger partial charge in [0.15, 0.2) is 6.40 Å². The lowest BCUT2D eigenvalue weighted by Gasteiger charge is -2.47. The van der Waals surface area contributed by atoms with Gasteiger partial charge in [-0.15, -0.1) is 0 Å². The van der Waals surface area contributed by atoms with Gasteiger partial charge < -0.3 is 15.6 Å². The molecule has 0 aliphatic heterocycles. The zero-order valence-electron chi connectivity index (χ0n) is 26.8. The fourth-order valence-electron chi connectivity index (χ4n) is 8.94. The zero-order chi connectivity index (χ0) is 35.0. The summed E-state index contributed by atoms with van der Waals surface area (Å²) in [6.07, 6.45) is 4.82. The molecule has 0 aromatic heterocycles. The van der Waals surface area contributed by atoms with Gasteiger partial charge in [-0.05, 0) is 101 Å². The quantitative estimate of drug-likeness (QED) is 0.0983. The van der Waals surface area contributed by atoms with E-state index in [0.717, 1.165) is 25.7 Å². The van der Waals surface area contributed by atoms with Crippen LogP contribution >= 0.6 is 0 Å². The third-order valence-electron chi connectivity index (χ3n) is 11.5. The summed E-state index contributed by atoms with van der Waals surface area (Å²) in [5.41, 5.74) is 6.05. The summed E-state index contributed by atoms with van der Waals surface area (Å²) < 4.78 is 108. The number of azo groups is 2. The predicted molar refractivity (Wildman–Crippen MR) is 174 cm³/mol. The van der Waals surface area contributed by atoms with E-state index in [1.165, 1.54) is 6.40 Å². The molecule has 0 bridgehead atoms. The molecule has 48 heavy (non-hydrogen) atoms. The maximum atomic E-state index is 12.5. The molecule has 0 radical (unpaired) electrons. The molecule has 6 N–H and O–H groups in total. The Kier molecular flexibility index (Phi) is 11.7. The van der Waals surface area contributed by atoms with Gasteiger partial charge in [-0.1, -0.05) is 0 Å². The third-order valence-corrected chi connectivity index (χ3v) is 15.3. The lowest BCUT2D eigenvalue weighted by Crippen LogP contribution is -2.58. The van der Waals surface area contributed by atoms with Gasteiger partial charge in [0, 0.05) is 6.04 Å². The van der Waals surface area contributed by atoms with Crippen LogP contribution < -0.4 is 5.73 Å². The smallest absolute Gasteiger partial charge is 0.270 e. The largest absolute Gasteiger partial charge is 0.487 e. The molecule has 0 spiro atoms. The molecule has 0 heterocycles. The van der Waals surface area contributed by atoms with Gasteiger partial charge in [-0.2, -0.15) is 45.7 Å². The Balaban J connectivity index is 1.34. The molecule has 17 nitrogen and oxygen atoms in total. The molecular formula is C28H48N6O11S3. The van der Waals surface area contributed by atoms with Gasteiger partial charge in [0.1, 0.15) is 16.5 Å². The second-order valence-corrected chi connectivity index (χ2v) is 19.3. The van der Waals surface area contributed by atoms with E-state index in [2.05, 4.69) is 20.3 Å². The molecule has 5 saturated carbocycles. The number of nitrogens with zero attached hydrogens (tertiary/aromatic N) is 5. The second kappa shape index (κ2) is 14.9. The van der Waals surface area contributed by atoms with E-state index in [1.807, 2.05) is 0 Å². The summed E-state index contributed by atoms with van der Waals surface area (Å²) in [5.74, 6) is -1.80. The molecule has 274 valence electrons. The number of hydrogen-bond acceptors (Lipinski definition) is 14. The Morgan fingerprint density at radius 1 is 0.646 bits per heavy atom. The summed E-state index contributed by atoms with van der Waals surface area (Å²) in [6, 6.07) is -2.90. The van der Waals surface area contributed by atoms with Crippen molar-refractivity contribution in [3.63, 3.8) is 0 Å². The van der Waals surface area contributed by atoms with E-state index in [4.69, 9.17) is 15.6 Å². The molecular weight excluding hydrogens is 693 g/mol. The van der Waals surface area contributed by atoms with Gasteiger partial charge in [-0.25, -0.2) is 0 Å². The van der Waals surface area contributed by atoms with E-state index in [1.54, 1.807) is 7.11 Å². The van der Waals surface area contributed by atoms with Crippen LogP contribution in [0.25, 0.3) is 0 Å². The summed E-state index contributed by atoms with van der Waals surface area (Å²) in [7, 11) is -12.1. The van der Waals surface area contributed by atoms with E-state index in [9.17, 15) is 44.0 Å². The molecule has 0 aromatic rings. The highest BCUT2D eigenvalue weighted by atomic mass is 32.2. The highest BCUT2D eigenvalue weighted by Crippen LogP contribution is 2.47. The van der Waals surface area contributed by atoms with Crippen molar-refractivity contribution in [1.29, 1.82) is 0 Å². The fourth-order valence-corrected chi connectivity index (χ4v) is 11.9. The van der Waals surface area contributed by atoms with Crippen molar-refractivity contribution in [2.24, 2.45) is 54.9 Å². The van der Waals surface area contributed by atoms with E-state index in [0.29, 0.717) is 19.3 Å². The van der Waals surface area contributed by atoms with Gasteiger partial charge in [0.2, 0.25) is 0 Å². The molecule has 12 unspecified atom stereocenters. The van der Waals surface area contributed by atoms with Crippen LogP contribution in [-0.4, -0.2) is 116 Å². The van der Waals surface area contributed by atoms with Crippen LogP contribution in [0.1, 0.15) is 77.0 Å². The van der Waals surface area contributed by atoms with Crippen LogP contribution in [0.15, 0.2) is 25.4 Å². The highest BCUT2D eigenvalue weighted by molar-refractivity contribution is 7.87. The van der Waals surface area contributed by atoms with E-state index in [-0.39, 0.29) is 62.1 Å². The van der Waals surface area contributed by atoms with Crippen LogP contribution in [0.3, 0.4) is 0 Å². The Labute approximate surface area is 281 Å². The number of fused-ring (bicyclic) bond motifs is 2. The van der Waals surface area contributed by atoms with Crippen molar-refractivity contribution in [1.82, 2.24) is 0 Å². The van der Waals surface area contributed by atoms with Crippen LogP contribution in [0.5, 0.6) is 0 Å². The summed E-state index contributed by atoms with van der Waals surface area (Å²) in [6.45, 7) is 0. The minimum Gasteiger partial charge on any atom is -0.487 e. The number of methoxy groups -OCH3 is 1. The molecule has 0 amide bonds.